The summed E-state index contributed by atoms with van der Waals surface area (Å²) in [7, 11) is 0. The number of nitrogens with zero attached hydrogens (tertiary/aromatic N) is 4. The summed E-state index contributed by atoms with van der Waals surface area (Å²) in [5.74, 6) is 0.835. The molecule has 0 spiro atoms. The molecule has 2 heterocycles. The van der Waals surface area contributed by atoms with Crippen molar-refractivity contribution in [2.75, 3.05) is 18.4 Å². The highest BCUT2D eigenvalue weighted by atomic mass is 32.1. The van der Waals surface area contributed by atoms with Crippen molar-refractivity contribution in [2.24, 2.45) is 0 Å². The molecule has 2 N–H and O–H groups in total. The molecule has 0 aliphatic rings. The van der Waals surface area contributed by atoms with Crippen molar-refractivity contribution < 1.29 is 9.32 Å². The Morgan fingerprint density at radius 1 is 1.42 bits per heavy atom. The highest BCUT2D eigenvalue weighted by molar-refractivity contribution is 7.17. The number of hydrogen-bond donors (Lipinski definition) is 2. The van der Waals surface area contributed by atoms with Crippen LogP contribution in [0.25, 0.3) is 0 Å². The average Bonchev–Trinajstić information content (AvgIpc) is 2.99. The third-order valence-corrected chi connectivity index (χ3v) is 3.02. The molecule has 2 aromatic rings. The molecule has 2 rings (SSSR count). The predicted octanol–water partition coefficient (Wildman–Crippen LogP) is 0.634. The van der Waals surface area contributed by atoms with Gasteiger partial charge in [0.2, 0.25) is 16.0 Å². The minimum Gasteiger partial charge on any atom is -0.360 e. The number of rotatable bonds is 6. The first-order valence-electron chi connectivity index (χ1n) is 5.83. The van der Waals surface area contributed by atoms with Crippen molar-refractivity contribution in [3.8, 4) is 0 Å². The maximum absolute atomic E-state index is 11.8. The topological polar surface area (TPSA) is 106 Å². The van der Waals surface area contributed by atoms with Gasteiger partial charge < -0.3 is 15.2 Å². The lowest BCUT2D eigenvalue weighted by molar-refractivity contribution is 0.0952. The zero-order valence-electron chi connectivity index (χ0n) is 10.6. The molecule has 0 atom stereocenters. The zero-order valence-corrected chi connectivity index (χ0v) is 11.5. The molecule has 0 radical (unpaired) electrons. The van der Waals surface area contributed by atoms with Crippen LogP contribution in [0.1, 0.15) is 28.4 Å². The number of nitrogens with one attached hydrogen (secondary N) is 2. The number of carbonyl (C=O) groups excluding carboxylic acids is 1. The van der Waals surface area contributed by atoms with Crippen molar-refractivity contribution in [1.29, 1.82) is 0 Å². The lowest BCUT2D eigenvalue weighted by atomic mass is 10.4. The smallest absolute Gasteiger partial charge is 0.282 e. The second-order valence-corrected chi connectivity index (χ2v) is 4.66. The first-order valence-corrected chi connectivity index (χ1v) is 6.65. The van der Waals surface area contributed by atoms with E-state index in [1.807, 2.05) is 6.92 Å². The summed E-state index contributed by atoms with van der Waals surface area (Å²) in [5, 5.41) is 18.0. The van der Waals surface area contributed by atoms with Crippen molar-refractivity contribution in [2.45, 2.75) is 20.3 Å². The van der Waals surface area contributed by atoms with Crippen LogP contribution in [-0.2, 0) is 6.42 Å². The average molecular weight is 282 g/mol. The maximum Gasteiger partial charge on any atom is 0.282 e. The second-order valence-electron chi connectivity index (χ2n) is 3.68. The van der Waals surface area contributed by atoms with E-state index in [2.05, 4.69) is 31.0 Å². The van der Waals surface area contributed by atoms with Gasteiger partial charge in [-0.3, -0.25) is 4.79 Å². The molecule has 0 bridgehead atoms. The number of hydrogen-bond acceptors (Lipinski definition) is 8. The van der Waals surface area contributed by atoms with Crippen molar-refractivity contribution in [3.05, 3.63) is 16.7 Å². The van der Waals surface area contributed by atoms with E-state index in [1.165, 1.54) is 11.3 Å². The normalized spacial score (nSPS) is 10.4. The summed E-state index contributed by atoms with van der Waals surface area (Å²) in [6.07, 6.45) is 0.492. The Balaban J connectivity index is 1.80. The molecule has 1 amide bonds. The standard InChI is InChI=1S/C10H14N6O2S/c1-3-11-10-15-14-9(19-10)8(17)12-5-4-7-13-6(2)16-18-7/h3-5H2,1-2H3,(H,11,15)(H,12,17). The highest BCUT2D eigenvalue weighted by Crippen LogP contribution is 2.14. The first-order chi connectivity index (χ1) is 9.19. The molecule has 19 heavy (non-hydrogen) atoms. The first kappa shape index (κ1) is 13.4. The van der Waals surface area contributed by atoms with Gasteiger partial charge >= 0.3 is 0 Å². The molecule has 0 saturated carbocycles. The number of aryl methyl sites for hydroxylation is 1. The summed E-state index contributed by atoms with van der Waals surface area (Å²) in [5.41, 5.74) is 0. The van der Waals surface area contributed by atoms with E-state index in [0.717, 1.165) is 6.54 Å². The fourth-order valence-corrected chi connectivity index (χ4v) is 2.07. The summed E-state index contributed by atoms with van der Waals surface area (Å²) in [6, 6.07) is 0. The van der Waals surface area contributed by atoms with Gasteiger partial charge in [-0.25, -0.2) is 0 Å². The van der Waals surface area contributed by atoms with Crippen molar-refractivity contribution >= 4 is 22.4 Å². The van der Waals surface area contributed by atoms with Gasteiger partial charge in [0.1, 0.15) is 0 Å². The third-order valence-electron chi connectivity index (χ3n) is 2.14. The fourth-order valence-electron chi connectivity index (χ4n) is 1.34. The molecular weight excluding hydrogens is 268 g/mol. The minimum absolute atomic E-state index is 0.252. The number of anilines is 1. The lowest BCUT2D eigenvalue weighted by Gasteiger charge is -1.98. The summed E-state index contributed by atoms with van der Waals surface area (Å²) in [6.45, 7) is 4.85. The van der Waals surface area contributed by atoms with Gasteiger partial charge in [-0.15, -0.1) is 10.2 Å². The van der Waals surface area contributed by atoms with Gasteiger partial charge in [-0.05, 0) is 13.8 Å². The Kier molecular flexibility index (Phi) is 4.39. The quantitative estimate of drug-likeness (QED) is 0.800. The molecule has 0 fully saturated rings. The Labute approximate surface area is 113 Å². The Hall–Kier alpha value is -2.03. The SMILES string of the molecule is CCNc1nnc(C(=O)NCCc2nc(C)no2)s1. The number of amides is 1. The van der Waals surface area contributed by atoms with Crippen LogP contribution < -0.4 is 10.6 Å². The second kappa shape index (κ2) is 6.23. The molecule has 0 unspecified atom stereocenters. The van der Waals surface area contributed by atoms with E-state index in [0.29, 0.717) is 34.8 Å². The highest BCUT2D eigenvalue weighted by Gasteiger charge is 2.12. The van der Waals surface area contributed by atoms with Crippen molar-refractivity contribution in [3.63, 3.8) is 0 Å². The fraction of sp³-hybridized carbons (Fsp3) is 0.500. The lowest BCUT2D eigenvalue weighted by Crippen LogP contribution is -2.25. The number of carbonyl (C=O) groups is 1. The van der Waals surface area contributed by atoms with Crippen LogP contribution in [0.4, 0.5) is 5.13 Å². The van der Waals surface area contributed by atoms with E-state index in [9.17, 15) is 4.79 Å². The zero-order chi connectivity index (χ0) is 13.7. The van der Waals surface area contributed by atoms with Gasteiger partial charge in [-0.2, -0.15) is 4.98 Å². The summed E-state index contributed by atoms with van der Waals surface area (Å²) >= 11 is 1.22. The van der Waals surface area contributed by atoms with Crippen LogP contribution in [0.2, 0.25) is 0 Å². The van der Waals surface area contributed by atoms with Crippen molar-refractivity contribution in [1.82, 2.24) is 25.7 Å². The Morgan fingerprint density at radius 3 is 2.95 bits per heavy atom. The molecule has 8 nitrogen and oxygen atoms in total. The van der Waals surface area contributed by atoms with E-state index in [-0.39, 0.29) is 5.91 Å². The minimum atomic E-state index is -0.252. The monoisotopic (exact) mass is 282 g/mol. The van der Waals surface area contributed by atoms with Crippen LogP contribution in [0.5, 0.6) is 0 Å². The Morgan fingerprint density at radius 2 is 2.26 bits per heavy atom. The van der Waals surface area contributed by atoms with Crippen LogP contribution in [0.15, 0.2) is 4.52 Å². The summed E-state index contributed by atoms with van der Waals surface area (Å²) in [4.78, 5) is 15.8. The molecule has 0 aliphatic heterocycles. The largest absolute Gasteiger partial charge is 0.360 e. The molecular formula is C10H14N6O2S. The van der Waals surface area contributed by atoms with Crippen LogP contribution in [0.3, 0.4) is 0 Å². The molecule has 0 aliphatic carbocycles. The predicted molar refractivity (Wildman–Crippen MR) is 69.1 cm³/mol. The molecule has 9 heteroatoms. The van der Waals surface area contributed by atoms with Crippen LogP contribution >= 0.6 is 11.3 Å². The van der Waals surface area contributed by atoms with Gasteiger partial charge in [0.05, 0.1) is 0 Å². The molecule has 102 valence electrons. The molecule has 2 aromatic heterocycles. The number of aromatic nitrogens is 4. The Bertz CT molecular complexity index is 552. The maximum atomic E-state index is 11.8. The summed E-state index contributed by atoms with van der Waals surface area (Å²) < 4.78 is 4.94. The van der Waals surface area contributed by atoms with E-state index < -0.39 is 0 Å². The van der Waals surface area contributed by atoms with Crippen LogP contribution in [0, 0.1) is 6.92 Å². The van der Waals surface area contributed by atoms with Gasteiger partial charge in [0, 0.05) is 19.5 Å². The van der Waals surface area contributed by atoms with Gasteiger partial charge in [0.15, 0.2) is 5.82 Å². The molecule has 0 aromatic carbocycles. The van der Waals surface area contributed by atoms with E-state index >= 15 is 0 Å². The van der Waals surface area contributed by atoms with Crippen LogP contribution in [-0.4, -0.2) is 39.3 Å². The van der Waals surface area contributed by atoms with E-state index in [1.54, 1.807) is 6.92 Å². The van der Waals surface area contributed by atoms with Gasteiger partial charge in [-0.1, -0.05) is 16.5 Å². The van der Waals surface area contributed by atoms with Gasteiger partial charge in [0.25, 0.3) is 5.91 Å². The third kappa shape index (κ3) is 3.71. The van der Waals surface area contributed by atoms with E-state index in [4.69, 9.17) is 4.52 Å². The molecule has 0 saturated heterocycles.